The molecule has 2 fully saturated rings. The van der Waals surface area contributed by atoms with Gasteiger partial charge in [-0.3, -0.25) is 0 Å². The molecule has 2 aliphatic rings. The molecule has 0 radical (unpaired) electrons. The van der Waals surface area contributed by atoms with Crippen molar-refractivity contribution in [2.75, 3.05) is 13.1 Å². The summed E-state index contributed by atoms with van der Waals surface area (Å²) in [6, 6.07) is 0.748. The Balaban J connectivity index is 1.76. The van der Waals surface area contributed by atoms with Crippen LogP contribution in [0.3, 0.4) is 0 Å². The van der Waals surface area contributed by atoms with E-state index in [-0.39, 0.29) is 0 Å². The van der Waals surface area contributed by atoms with Crippen LogP contribution in [0.2, 0.25) is 0 Å². The van der Waals surface area contributed by atoms with Crippen molar-refractivity contribution in [1.29, 1.82) is 0 Å². The summed E-state index contributed by atoms with van der Waals surface area (Å²) in [4.78, 5) is 2.66. The lowest BCUT2D eigenvalue weighted by Crippen LogP contribution is -2.49. The van der Waals surface area contributed by atoms with E-state index in [1.165, 1.54) is 45.2 Å². The molecule has 0 bridgehead atoms. The maximum absolute atomic E-state index is 2.66. The van der Waals surface area contributed by atoms with Crippen molar-refractivity contribution in [2.45, 2.75) is 72.8 Å². The van der Waals surface area contributed by atoms with E-state index in [1.54, 1.807) is 0 Å². The second-order valence-electron chi connectivity index (χ2n) is 8.17. The molecule has 1 aliphatic carbocycles. The summed E-state index contributed by atoms with van der Waals surface area (Å²) in [5, 5.41) is 0. The number of rotatable bonds is 2. The van der Waals surface area contributed by atoms with Crippen molar-refractivity contribution < 1.29 is 0 Å². The van der Waals surface area contributed by atoms with Gasteiger partial charge in [0.15, 0.2) is 0 Å². The third kappa shape index (κ3) is 3.24. The summed E-state index contributed by atoms with van der Waals surface area (Å²) in [6.45, 7) is 14.5. The average Bonchev–Trinajstić information content (AvgIpc) is 2.13. The maximum atomic E-state index is 2.66. The highest BCUT2D eigenvalue weighted by molar-refractivity contribution is 4.98. The quantitative estimate of drug-likeness (QED) is 0.691. The van der Waals surface area contributed by atoms with Crippen molar-refractivity contribution in [1.82, 2.24) is 4.90 Å². The van der Waals surface area contributed by atoms with E-state index in [0.717, 1.165) is 17.4 Å². The summed E-state index contributed by atoms with van der Waals surface area (Å²) < 4.78 is 0. The summed E-state index contributed by atoms with van der Waals surface area (Å²) in [7, 11) is 0. The predicted molar refractivity (Wildman–Crippen MR) is 75.2 cm³/mol. The van der Waals surface area contributed by atoms with Gasteiger partial charge >= 0.3 is 0 Å². The van der Waals surface area contributed by atoms with Crippen molar-refractivity contribution in [3.8, 4) is 0 Å². The Bertz CT molecular complexity index is 245. The molecule has 1 nitrogen and oxygen atoms in total. The molecule has 100 valence electrons. The molecule has 0 aromatic carbocycles. The Hall–Kier alpha value is -0.0400. The molecule has 0 aromatic rings. The Morgan fingerprint density at radius 3 is 2.06 bits per heavy atom. The minimum Gasteiger partial charge on any atom is -0.301 e. The topological polar surface area (TPSA) is 3.24 Å². The molecule has 17 heavy (non-hydrogen) atoms. The normalized spacial score (nSPS) is 26.5. The molecule has 0 amide bonds. The van der Waals surface area contributed by atoms with Crippen LogP contribution in [-0.4, -0.2) is 24.0 Å². The molecule has 1 saturated heterocycles. The number of hydrogen-bond acceptors (Lipinski definition) is 1. The monoisotopic (exact) mass is 237 g/mol. The SMILES string of the molecule is CC(C)N1CCC2(CC1)CC(CC(C)(C)C)C2. The highest BCUT2D eigenvalue weighted by atomic mass is 15.2. The molecule has 2 rings (SSSR count). The Labute approximate surface area is 108 Å². The van der Waals surface area contributed by atoms with Gasteiger partial charge < -0.3 is 4.90 Å². The molecule has 0 aromatic heterocycles. The van der Waals surface area contributed by atoms with Crippen LogP contribution in [-0.2, 0) is 0 Å². The molecular weight excluding hydrogens is 206 g/mol. The van der Waals surface area contributed by atoms with Crippen molar-refractivity contribution in [3.05, 3.63) is 0 Å². The fourth-order valence-electron chi connectivity index (χ4n) is 4.10. The maximum Gasteiger partial charge on any atom is 0.00385 e. The van der Waals surface area contributed by atoms with Crippen LogP contribution in [0.5, 0.6) is 0 Å². The standard InChI is InChI=1S/C16H31N/c1-13(2)17-8-6-16(7-9-17)11-14(12-16)10-15(3,4)5/h13-14H,6-12H2,1-5H3. The van der Waals surface area contributed by atoms with Crippen LogP contribution < -0.4 is 0 Å². The first-order chi connectivity index (χ1) is 7.80. The fourth-order valence-corrected chi connectivity index (χ4v) is 4.10. The predicted octanol–water partition coefficient (Wildman–Crippen LogP) is 4.32. The summed E-state index contributed by atoms with van der Waals surface area (Å²) in [6.07, 6.45) is 7.41. The van der Waals surface area contributed by atoms with Gasteiger partial charge in [-0.15, -0.1) is 0 Å². The minimum absolute atomic E-state index is 0.533. The third-order valence-corrected chi connectivity index (χ3v) is 4.93. The van der Waals surface area contributed by atoms with Crippen LogP contribution in [0.15, 0.2) is 0 Å². The first-order valence-electron chi connectivity index (χ1n) is 7.54. The first kappa shape index (κ1) is 13.4. The van der Waals surface area contributed by atoms with Gasteiger partial charge in [0.05, 0.1) is 0 Å². The van der Waals surface area contributed by atoms with E-state index in [4.69, 9.17) is 0 Å². The van der Waals surface area contributed by atoms with Gasteiger partial charge in [-0.05, 0) is 75.8 Å². The van der Waals surface area contributed by atoms with Crippen LogP contribution in [0, 0.1) is 16.7 Å². The van der Waals surface area contributed by atoms with Crippen molar-refractivity contribution in [3.63, 3.8) is 0 Å². The average molecular weight is 237 g/mol. The lowest BCUT2D eigenvalue weighted by molar-refractivity contribution is -0.0332. The second kappa shape index (κ2) is 4.57. The lowest BCUT2D eigenvalue weighted by Gasteiger charge is -2.54. The molecule has 1 aliphatic heterocycles. The number of piperidine rings is 1. The molecule has 1 spiro atoms. The van der Waals surface area contributed by atoms with Gasteiger partial charge in [-0.2, -0.15) is 0 Å². The second-order valence-corrected chi connectivity index (χ2v) is 8.17. The van der Waals surface area contributed by atoms with Crippen molar-refractivity contribution in [2.24, 2.45) is 16.7 Å². The van der Waals surface area contributed by atoms with Gasteiger partial charge in [-0.25, -0.2) is 0 Å². The zero-order chi connectivity index (χ0) is 12.7. The highest BCUT2D eigenvalue weighted by Gasteiger charge is 2.46. The van der Waals surface area contributed by atoms with Gasteiger partial charge in [0.1, 0.15) is 0 Å². The lowest BCUT2D eigenvalue weighted by atomic mass is 9.55. The molecule has 1 saturated carbocycles. The van der Waals surface area contributed by atoms with Gasteiger partial charge in [0.25, 0.3) is 0 Å². The minimum atomic E-state index is 0.533. The van der Waals surface area contributed by atoms with E-state index in [9.17, 15) is 0 Å². The van der Waals surface area contributed by atoms with Gasteiger partial charge in [-0.1, -0.05) is 20.8 Å². The van der Waals surface area contributed by atoms with Crippen LogP contribution in [0.4, 0.5) is 0 Å². The Morgan fingerprint density at radius 2 is 1.65 bits per heavy atom. The summed E-state index contributed by atoms with van der Waals surface area (Å²) in [5.74, 6) is 1.03. The van der Waals surface area contributed by atoms with E-state index >= 15 is 0 Å². The summed E-state index contributed by atoms with van der Waals surface area (Å²) in [5.41, 5.74) is 1.30. The van der Waals surface area contributed by atoms with Crippen LogP contribution in [0.1, 0.15) is 66.7 Å². The molecule has 1 heteroatoms. The smallest absolute Gasteiger partial charge is 0.00385 e. The number of hydrogen-bond donors (Lipinski definition) is 0. The molecular formula is C16H31N. The Kier molecular flexibility index (Phi) is 3.60. The fraction of sp³-hybridized carbons (Fsp3) is 1.00. The highest BCUT2D eigenvalue weighted by Crippen LogP contribution is 2.55. The number of nitrogens with zero attached hydrogens (tertiary/aromatic N) is 1. The molecule has 1 heterocycles. The van der Waals surface area contributed by atoms with Crippen LogP contribution in [0.25, 0.3) is 0 Å². The van der Waals surface area contributed by atoms with Crippen molar-refractivity contribution >= 4 is 0 Å². The Morgan fingerprint density at radius 1 is 1.12 bits per heavy atom. The molecule has 0 unspecified atom stereocenters. The van der Waals surface area contributed by atoms with E-state index < -0.39 is 0 Å². The van der Waals surface area contributed by atoms with E-state index in [1.807, 2.05) is 0 Å². The zero-order valence-electron chi connectivity index (χ0n) is 12.6. The van der Waals surface area contributed by atoms with E-state index in [0.29, 0.717) is 5.41 Å². The zero-order valence-corrected chi connectivity index (χ0v) is 12.6. The first-order valence-corrected chi connectivity index (χ1v) is 7.54. The third-order valence-electron chi connectivity index (χ3n) is 4.93. The molecule has 0 N–H and O–H groups in total. The van der Waals surface area contributed by atoms with Gasteiger partial charge in [0.2, 0.25) is 0 Å². The molecule has 0 atom stereocenters. The largest absolute Gasteiger partial charge is 0.301 e. The number of likely N-dealkylation sites (tertiary alicyclic amines) is 1. The van der Waals surface area contributed by atoms with Gasteiger partial charge in [0, 0.05) is 6.04 Å². The van der Waals surface area contributed by atoms with E-state index in [2.05, 4.69) is 39.5 Å². The summed E-state index contributed by atoms with van der Waals surface area (Å²) >= 11 is 0. The van der Waals surface area contributed by atoms with Crippen LogP contribution >= 0.6 is 0 Å².